The van der Waals surface area contributed by atoms with Crippen LogP contribution in [0.3, 0.4) is 0 Å². The topological polar surface area (TPSA) is 72.9 Å². The minimum atomic E-state index is 0.186. The molecule has 2 heterocycles. The van der Waals surface area contributed by atoms with Gasteiger partial charge >= 0.3 is 0 Å². The maximum Gasteiger partial charge on any atom is 0.247 e. The lowest BCUT2D eigenvalue weighted by Gasteiger charge is -2.23. The number of nitrogens with zero attached hydrogens (tertiary/aromatic N) is 6. The van der Waals surface area contributed by atoms with Gasteiger partial charge < -0.3 is 4.42 Å². The van der Waals surface area contributed by atoms with Gasteiger partial charge in [-0.25, -0.2) is 9.67 Å². The van der Waals surface area contributed by atoms with Gasteiger partial charge in [-0.05, 0) is 49.9 Å². The summed E-state index contributed by atoms with van der Waals surface area (Å²) in [7, 11) is 2.04. The molecule has 2 aromatic carbocycles. The van der Waals surface area contributed by atoms with Gasteiger partial charge in [-0.15, -0.1) is 10.2 Å². The van der Waals surface area contributed by atoms with Gasteiger partial charge in [0.15, 0.2) is 0 Å². The fourth-order valence-electron chi connectivity index (χ4n) is 2.91. The van der Waals surface area contributed by atoms with E-state index in [1.807, 2.05) is 43.4 Å². The number of halogens is 1. The van der Waals surface area contributed by atoms with E-state index in [0.29, 0.717) is 18.3 Å². The highest BCUT2D eigenvalue weighted by atomic mass is 79.9. The summed E-state index contributed by atoms with van der Waals surface area (Å²) in [4.78, 5) is 6.15. The monoisotopic (exact) mass is 438 g/mol. The van der Waals surface area contributed by atoms with E-state index >= 15 is 0 Å². The van der Waals surface area contributed by atoms with Crippen LogP contribution in [0.4, 0.5) is 0 Å². The molecule has 4 aromatic rings. The Morgan fingerprint density at radius 2 is 1.96 bits per heavy atom. The van der Waals surface area contributed by atoms with Crippen molar-refractivity contribution in [3.05, 3.63) is 77.1 Å². The first kappa shape index (κ1) is 18.5. The summed E-state index contributed by atoms with van der Waals surface area (Å²) in [6, 6.07) is 16.3. The lowest BCUT2D eigenvalue weighted by atomic mass is 10.1. The normalized spacial score (nSPS) is 12.4. The summed E-state index contributed by atoms with van der Waals surface area (Å²) in [5, 5.41) is 12.5. The minimum absolute atomic E-state index is 0.186. The Kier molecular flexibility index (Phi) is 5.31. The predicted octanol–water partition coefficient (Wildman–Crippen LogP) is 4.27. The maximum atomic E-state index is 5.85. The zero-order chi connectivity index (χ0) is 19.5. The van der Waals surface area contributed by atoms with Crippen LogP contribution in [0.5, 0.6) is 0 Å². The Labute approximate surface area is 171 Å². The number of hydrogen-bond acceptors (Lipinski definition) is 6. The van der Waals surface area contributed by atoms with Crippen LogP contribution < -0.4 is 0 Å². The van der Waals surface area contributed by atoms with Gasteiger partial charge in [-0.1, -0.05) is 34.1 Å². The van der Waals surface area contributed by atoms with Crippen molar-refractivity contribution in [1.82, 2.24) is 29.9 Å². The van der Waals surface area contributed by atoms with Crippen molar-refractivity contribution in [3.63, 3.8) is 0 Å². The molecule has 8 heteroatoms. The second-order valence-electron chi connectivity index (χ2n) is 6.53. The second kappa shape index (κ2) is 8.04. The van der Waals surface area contributed by atoms with E-state index in [1.54, 1.807) is 11.0 Å². The Morgan fingerprint density at radius 3 is 2.68 bits per heavy atom. The van der Waals surface area contributed by atoms with Gasteiger partial charge in [0.25, 0.3) is 0 Å². The molecule has 0 saturated carbocycles. The fourth-order valence-corrected chi connectivity index (χ4v) is 3.31. The van der Waals surface area contributed by atoms with E-state index in [4.69, 9.17) is 4.42 Å². The van der Waals surface area contributed by atoms with Gasteiger partial charge in [-0.2, -0.15) is 5.10 Å². The molecule has 28 heavy (non-hydrogen) atoms. The van der Waals surface area contributed by atoms with E-state index in [1.165, 1.54) is 11.9 Å². The third kappa shape index (κ3) is 4.02. The molecule has 0 bridgehead atoms. The number of rotatable bonds is 6. The van der Waals surface area contributed by atoms with Crippen molar-refractivity contribution in [1.29, 1.82) is 0 Å². The average molecular weight is 439 g/mol. The first-order valence-corrected chi connectivity index (χ1v) is 9.63. The van der Waals surface area contributed by atoms with E-state index in [-0.39, 0.29) is 6.04 Å². The van der Waals surface area contributed by atoms with Gasteiger partial charge in [0.1, 0.15) is 12.7 Å². The lowest BCUT2D eigenvalue weighted by Crippen LogP contribution is -2.22. The highest BCUT2D eigenvalue weighted by Gasteiger charge is 2.16. The van der Waals surface area contributed by atoms with Crippen LogP contribution in [0.15, 0.2) is 70.1 Å². The molecule has 0 saturated heterocycles. The van der Waals surface area contributed by atoms with Crippen LogP contribution in [-0.4, -0.2) is 36.9 Å². The highest BCUT2D eigenvalue weighted by Crippen LogP contribution is 2.24. The van der Waals surface area contributed by atoms with E-state index in [9.17, 15) is 0 Å². The fraction of sp³-hybridized carbons (Fsp3) is 0.200. The first-order valence-electron chi connectivity index (χ1n) is 8.83. The zero-order valence-corrected chi connectivity index (χ0v) is 17.1. The molecule has 0 radical (unpaired) electrons. The summed E-state index contributed by atoms with van der Waals surface area (Å²) >= 11 is 3.46. The molecule has 0 aliphatic heterocycles. The molecule has 7 nitrogen and oxygen atoms in total. The molecular formula is C20H19BrN6O. The largest absolute Gasteiger partial charge is 0.419 e. The Balaban J connectivity index is 1.44. The summed E-state index contributed by atoms with van der Waals surface area (Å²) < 4.78 is 8.56. The number of aromatic nitrogens is 5. The van der Waals surface area contributed by atoms with Crippen molar-refractivity contribution in [2.24, 2.45) is 0 Å². The van der Waals surface area contributed by atoms with Crippen LogP contribution in [-0.2, 0) is 6.54 Å². The molecule has 0 aliphatic rings. The van der Waals surface area contributed by atoms with Crippen molar-refractivity contribution in [2.75, 3.05) is 7.05 Å². The Hall–Kier alpha value is -2.84. The molecule has 0 N–H and O–H groups in total. The molecule has 142 valence electrons. The molecule has 1 atom stereocenters. The predicted molar refractivity (Wildman–Crippen MR) is 109 cm³/mol. The second-order valence-corrected chi connectivity index (χ2v) is 7.45. The summed E-state index contributed by atoms with van der Waals surface area (Å²) in [5.74, 6) is 1.11. The smallest absolute Gasteiger partial charge is 0.247 e. The maximum absolute atomic E-state index is 5.85. The third-order valence-corrected chi connectivity index (χ3v) is 5.14. The van der Waals surface area contributed by atoms with Gasteiger partial charge in [-0.3, -0.25) is 4.90 Å². The standard InChI is InChI=1S/C20H19BrN6O/c1-14(15-6-8-18(9-7-15)27-13-22-12-23-27)26(2)11-19-24-25-20(28-19)16-4-3-5-17(21)10-16/h3-10,12-14H,11H2,1-2H3/t14-/m0/s1. The van der Waals surface area contributed by atoms with Crippen molar-refractivity contribution < 1.29 is 4.42 Å². The molecular weight excluding hydrogens is 420 g/mol. The van der Waals surface area contributed by atoms with Crippen LogP contribution in [0.25, 0.3) is 17.1 Å². The summed E-state index contributed by atoms with van der Waals surface area (Å²) in [6.45, 7) is 2.71. The van der Waals surface area contributed by atoms with Gasteiger partial charge in [0.05, 0.1) is 12.2 Å². The first-order chi connectivity index (χ1) is 13.6. The van der Waals surface area contributed by atoms with Crippen LogP contribution in [0.2, 0.25) is 0 Å². The van der Waals surface area contributed by atoms with Crippen molar-refractivity contribution in [3.8, 4) is 17.1 Å². The number of benzene rings is 2. The van der Waals surface area contributed by atoms with Crippen molar-refractivity contribution in [2.45, 2.75) is 19.5 Å². The van der Waals surface area contributed by atoms with Gasteiger partial charge in [0, 0.05) is 16.1 Å². The third-order valence-electron chi connectivity index (χ3n) is 4.64. The summed E-state index contributed by atoms with van der Waals surface area (Å²) in [5.41, 5.74) is 3.07. The van der Waals surface area contributed by atoms with Crippen LogP contribution in [0.1, 0.15) is 24.4 Å². The van der Waals surface area contributed by atoms with Crippen LogP contribution >= 0.6 is 15.9 Å². The molecule has 0 aliphatic carbocycles. The molecule has 4 rings (SSSR count). The zero-order valence-electron chi connectivity index (χ0n) is 15.5. The highest BCUT2D eigenvalue weighted by molar-refractivity contribution is 9.10. The SMILES string of the molecule is C[C@@H](c1ccc(-n2cncn2)cc1)N(C)Cc1nnc(-c2cccc(Br)c2)o1. The quantitative estimate of drug-likeness (QED) is 0.447. The summed E-state index contributed by atoms with van der Waals surface area (Å²) in [6.07, 6.45) is 3.21. The molecule has 2 aromatic heterocycles. The molecule has 0 amide bonds. The number of hydrogen-bond donors (Lipinski definition) is 0. The van der Waals surface area contributed by atoms with E-state index in [2.05, 4.69) is 60.2 Å². The Morgan fingerprint density at radius 1 is 1.14 bits per heavy atom. The average Bonchev–Trinajstić information content (AvgIpc) is 3.40. The lowest BCUT2D eigenvalue weighted by molar-refractivity contribution is 0.228. The van der Waals surface area contributed by atoms with E-state index in [0.717, 1.165) is 15.7 Å². The van der Waals surface area contributed by atoms with Gasteiger partial charge in [0.2, 0.25) is 11.8 Å². The minimum Gasteiger partial charge on any atom is -0.419 e. The molecule has 0 fully saturated rings. The van der Waals surface area contributed by atoms with E-state index < -0.39 is 0 Å². The van der Waals surface area contributed by atoms with Crippen molar-refractivity contribution >= 4 is 15.9 Å². The molecule has 0 unspecified atom stereocenters. The molecule has 0 spiro atoms. The Bertz CT molecular complexity index is 1040. The van der Waals surface area contributed by atoms with Crippen LogP contribution in [0, 0.1) is 0 Å².